The van der Waals surface area contributed by atoms with Gasteiger partial charge in [-0.2, -0.15) is 0 Å². The molecule has 0 aliphatic heterocycles. The van der Waals surface area contributed by atoms with E-state index in [1.54, 1.807) is 0 Å². The Morgan fingerprint density at radius 1 is 1.38 bits per heavy atom. The molecule has 3 heteroatoms. The third kappa shape index (κ3) is 1.97. The fraction of sp³-hybridized carbons (Fsp3) is 0.600. The van der Waals surface area contributed by atoms with Crippen LogP contribution in [0.25, 0.3) is 0 Å². The first-order valence-electron chi connectivity index (χ1n) is 4.70. The molecule has 1 aromatic heterocycles. The van der Waals surface area contributed by atoms with E-state index in [-0.39, 0.29) is 0 Å². The molecule has 0 radical (unpaired) electrons. The average molecular weight is 245 g/mol. The molecule has 1 heterocycles. The normalized spacial score (nSPS) is 20.8. The molecule has 1 aromatic rings. The van der Waals surface area contributed by atoms with Crippen LogP contribution in [0.4, 0.5) is 0 Å². The van der Waals surface area contributed by atoms with Gasteiger partial charge >= 0.3 is 0 Å². The molecule has 2 nitrogen and oxygen atoms in total. The molecule has 0 bridgehead atoms. The largest absolute Gasteiger partial charge is 0.452 e. The Kier molecular flexibility index (Phi) is 2.74. The van der Waals surface area contributed by atoms with Crippen molar-refractivity contribution in [2.75, 3.05) is 0 Å². The molecular weight excluding hydrogens is 232 g/mol. The molecular formula is C10H13BrO2. The Morgan fingerprint density at radius 2 is 2.08 bits per heavy atom. The Balaban J connectivity index is 2.07. The summed E-state index contributed by atoms with van der Waals surface area (Å²) in [5.74, 6) is 1.09. The van der Waals surface area contributed by atoms with Gasteiger partial charge in [-0.1, -0.05) is 12.8 Å². The molecule has 1 N–H and O–H groups in total. The zero-order valence-electron chi connectivity index (χ0n) is 7.37. The van der Waals surface area contributed by atoms with Gasteiger partial charge in [0.1, 0.15) is 11.9 Å². The molecule has 0 aromatic carbocycles. The van der Waals surface area contributed by atoms with Crippen LogP contribution in [0.5, 0.6) is 0 Å². The van der Waals surface area contributed by atoms with Crippen LogP contribution in [0.15, 0.2) is 21.2 Å². The summed E-state index contributed by atoms with van der Waals surface area (Å²) >= 11 is 3.23. The van der Waals surface area contributed by atoms with Gasteiger partial charge < -0.3 is 9.52 Å². The zero-order valence-corrected chi connectivity index (χ0v) is 8.96. The fourth-order valence-electron chi connectivity index (χ4n) is 1.99. The maximum absolute atomic E-state index is 9.92. The van der Waals surface area contributed by atoms with Crippen molar-refractivity contribution in [1.29, 1.82) is 0 Å². The van der Waals surface area contributed by atoms with Gasteiger partial charge in [0.15, 0.2) is 4.67 Å². The summed E-state index contributed by atoms with van der Waals surface area (Å²) in [7, 11) is 0. The van der Waals surface area contributed by atoms with Gasteiger partial charge in [-0.15, -0.1) is 0 Å². The topological polar surface area (TPSA) is 33.4 Å². The Morgan fingerprint density at radius 3 is 2.62 bits per heavy atom. The minimum absolute atomic E-state index is 0.401. The first kappa shape index (κ1) is 9.28. The Bertz CT molecular complexity index is 276. The number of hydrogen-bond donors (Lipinski definition) is 1. The minimum atomic E-state index is -0.409. The molecule has 1 atom stereocenters. The van der Waals surface area contributed by atoms with Crippen molar-refractivity contribution < 1.29 is 9.52 Å². The number of rotatable bonds is 2. The van der Waals surface area contributed by atoms with Gasteiger partial charge in [0.2, 0.25) is 0 Å². The van der Waals surface area contributed by atoms with Crippen molar-refractivity contribution in [2.45, 2.75) is 31.8 Å². The summed E-state index contributed by atoms with van der Waals surface area (Å²) in [6, 6.07) is 3.67. The summed E-state index contributed by atoms with van der Waals surface area (Å²) in [4.78, 5) is 0. The quantitative estimate of drug-likeness (QED) is 0.867. The summed E-state index contributed by atoms with van der Waals surface area (Å²) in [5, 5.41) is 9.92. The van der Waals surface area contributed by atoms with Crippen LogP contribution in [0.3, 0.4) is 0 Å². The second-order valence-electron chi connectivity index (χ2n) is 3.63. The van der Waals surface area contributed by atoms with Gasteiger partial charge in [-0.05, 0) is 46.8 Å². The van der Waals surface area contributed by atoms with Crippen molar-refractivity contribution in [3.63, 3.8) is 0 Å². The van der Waals surface area contributed by atoms with E-state index in [1.807, 2.05) is 12.1 Å². The Hall–Kier alpha value is -0.280. The highest BCUT2D eigenvalue weighted by Crippen LogP contribution is 2.36. The molecule has 0 amide bonds. The summed E-state index contributed by atoms with van der Waals surface area (Å²) in [6.07, 6.45) is 4.32. The molecule has 13 heavy (non-hydrogen) atoms. The molecule has 1 saturated carbocycles. The van der Waals surface area contributed by atoms with Crippen LogP contribution in [0.2, 0.25) is 0 Å². The second kappa shape index (κ2) is 3.84. The van der Waals surface area contributed by atoms with Crippen molar-refractivity contribution in [1.82, 2.24) is 0 Å². The number of aliphatic hydroxyl groups is 1. The lowest BCUT2D eigenvalue weighted by Crippen LogP contribution is -2.07. The Labute approximate surface area is 86.1 Å². The SMILES string of the molecule is OC(c1ccc(Br)o1)C1CCCC1. The zero-order chi connectivity index (χ0) is 9.26. The lowest BCUT2D eigenvalue weighted by Gasteiger charge is -2.14. The van der Waals surface area contributed by atoms with Gasteiger partial charge in [-0.3, -0.25) is 0 Å². The van der Waals surface area contributed by atoms with E-state index in [1.165, 1.54) is 12.8 Å². The summed E-state index contributed by atoms with van der Waals surface area (Å²) in [6.45, 7) is 0. The standard InChI is InChI=1S/C10H13BrO2/c11-9-6-5-8(13-9)10(12)7-3-1-2-4-7/h5-7,10,12H,1-4H2. The highest BCUT2D eigenvalue weighted by molar-refractivity contribution is 9.10. The van der Waals surface area contributed by atoms with Crippen LogP contribution in [0.1, 0.15) is 37.5 Å². The maximum Gasteiger partial charge on any atom is 0.169 e. The lowest BCUT2D eigenvalue weighted by molar-refractivity contribution is 0.0878. The van der Waals surface area contributed by atoms with Crippen molar-refractivity contribution >= 4 is 15.9 Å². The van der Waals surface area contributed by atoms with E-state index in [0.717, 1.165) is 12.8 Å². The maximum atomic E-state index is 9.92. The van der Waals surface area contributed by atoms with Gasteiger partial charge in [0.05, 0.1) is 0 Å². The molecule has 1 unspecified atom stereocenters. The van der Waals surface area contributed by atoms with Gasteiger partial charge in [-0.25, -0.2) is 0 Å². The van der Waals surface area contributed by atoms with Crippen molar-refractivity contribution in [3.8, 4) is 0 Å². The number of hydrogen-bond acceptors (Lipinski definition) is 2. The van der Waals surface area contributed by atoms with Crippen molar-refractivity contribution in [2.24, 2.45) is 5.92 Å². The van der Waals surface area contributed by atoms with Crippen LogP contribution in [0, 0.1) is 5.92 Å². The highest BCUT2D eigenvalue weighted by atomic mass is 79.9. The van der Waals surface area contributed by atoms with E-state index in [0.29, 0.717) is 16.3 Å². The smallest absolute Gasteiger partial charge is 0.169 e. The predicted molar refractivity (Wildman–Crippen MR) is 53.3 cm³/mol. The van der Waals surface area contributed by atoms with E-state index in [2.05, 4.69) is 15.9 Å². The van der Waals surface area contributed by atoms with Crippen LogP contribution in [-0.4, -0.2) is 5.11 Å². The average Bonchev–Trinajstić information content (AvgIpc) is 2.72. The first-order valence-corrected chi connectivity index (χ1v) is 5.50. The fourth-order valence-corrected chi connectivity index (χ4v) is 2.31. The third-order valence-electron chi connectivity index (χ3n) is 2.73. The van der Waals surface area contributed by atoms with E-state index in [4.69, 9.17) is 4.42 Å². The monoisotopic (exact) mass is 244 g/mol. The number of halogens is 1. The molecule has 2 rings (SSSR count). The van der Waals surface area contributed by atoms with Crippen molar-refractivity contribution in [3.05, 3.63) is 22.6 Å². The third-order valence-corrected chi connectivity index (χ3v) is 3.16. The lowest BCUT2D eigenvalue weighted by atomic mass is 9.99. The first-order chi connectivity index (χ1) is 6.27. The molecule has 1 aliphatic carbocycles. The predicted octanol–water partition coefficient (Wildman–Crippen LogP) is 3.27. The summed E-state index contributed by atoms with van der Waals surface area (Å²) < 4.78 is 6.02. The van der Waals surface area contributed by atoms with E-state index >= 15 is 0 Å². The van der Waals surface area contributed by atoms with E-state index in [9.17, 15) is 5.11 Å². The molecule has 72 valence electrons. The van der Waals surface area contributed by atoms with E-state index < -0.39 is 6.10 Å². The molecule has 1 fully saturated rings. The number of furan rings is 1. The van der Waals surface area contributed by atoms with Crippen LogP contribution in [-0.2, 0) is 0 Å². The molecule has 0 spiro atoms. The van der Waals surface area contributed by atoms with Crippen LogP contribution < -0.4 is 0 Å². The minimum Gasteiger partial charge on any atom is -0.452 e. The van der Waals surface area contributed by atoms with Gasteiger partial charge in [0, 0.05) is 0 Å². The van der Waals surface area contributed by atoms with Crippen LogP contribution >= 0.6 is 15.9 Å². The second-order valence-corrected chi connectivity index (χ2v) is 4.41. The molecule has 1 aliphatic rings. The summed E-state index contributed by atoms with van der Waals surface area (Å²) in [5.41, 5.74) is 0. The number of aliphatic hydroxyl groups excluding tert-OH is 1. The molecule has 0 saturated heterocycles. The van der Waals surface area contributed by atoms with Gasteiger partial charge in [0.25, 0.3) is 0 Å². The highest BCUT2D eigenvalue weighted by Gasteiger charge is 2.26.